The van der Waals surface area contributed by atoms with Crippen molar-refractivity contribution in [3.63, 3.8) is 0 Å². The average Bonchev–Trinajstić information content (AvgIpc) is 2.18. The Morgan fingerprint density at radius 1 is 1.29 bits per heavy atom. The van der Waals surface area contributed by atoms with Crippen LogP contribution in [0, 0.1) is 0 Å². The van der Waals surface area contributed by atoms with E-state index in [1.54, 1.807) is 0 Å². The Morgan fingerprint density at radius 3 is 2.41 bits per heavy atom. The predicted molar refractivity (Wildman–Crippen MR) is 69.5 cm³/mol. The molecule has 1 aliphatic rings. The molecule has 0 spiro atoms. The lowest BCUT2D eigenvalue weighted by Gasteiger charge is -2.39. The second-order valence-electron chi connectivity index (χ2n) is 6.33. The maximum atomic E-state index is 9.80. The summed E-state index contributed by atoms with van der Waals surface area (Å²) < 4.78 is 11.5. The maximum Gasteiger partial charge on any atom is 0.192 e. The molecule has 17 heavy (non-hydrogen) atoms. The van der Waals surface area contributed by atoms with Crippen molar-refractivity contribution in [2.24, 2.45) is 0 Å². The van der Waals surface area contributed by atoms with Gasteiger partial charge in [-0.05, 0) is 24.6 Å². The third-order valence-corrected chi connectivity index (χ3v) is 8.44. The van der Waals surface area contributed by atoms with E-state index in [9.17, 15) is 10.2 Å². The fourth-order valence-electron chi connectivity index (χ4n) is 1.51. The quantitative estimate of drug-likeness (QED) is 0.757. The standard InChI is InChI=1S/C12H26O4Si/c1-12(2,3)17(4,5)16-8-10-11(14)9(13)6-7-15-10/h9-11,13-14H,6-8H2,1-5H3/t9-,10-,11+/m1/s1. The first kappa shape index (κ1) is 15.1. The zero-order chi connectivity index (χ0) is 13.3. The molecule has 0 unspecified atom stereocenters. The minimum Gasteiger partial charge on any atom is -0.414 e. The average molecular weight is 262 g/mol. The van der Waals surface area contributed by atoms with Crippen LogP contribution in [0.25, 0.3) is 0 Å². The summed E-state index contributed by atoms with van der Waals surface area (Å²) in [4.78, 5) is 0. The Morgan fingerprint density at radius 2 is 1.88 bits per heavy atom. The fourth-order valence-corrected chi connectivity index (χ4v) is 2.52. The van der Waals surface area contributed by atoms with E-state index in [1.807, 2.05) is 0 Å². The van der Waals surface area contributed by atoms with Crippen molar-refractivity contribution in [3.05, 3.63) is 0 Å². The molecule has 0 aliphatic carbocycles. The molecule has 1 rings (SSSR count). The molecular weight excluding hydrogens is 236 g/mol. The number of hydrogen-bond acceptors (Lipinski definition) is 4. The highest BCUT2D eigenvalue weighted by Gasteiger charge is 2.39. The van der Waals surface area contributed by atoms with E-state index >= 15 is 0 Å². The topological polar surface area (TPSA) is 58.9 Å². The van der Waals surface area contributed by atoms with Crippen LogP contribution in [0.15, 0.2) is 0 Å². The van der Waals surface area contributed by atoms with E-state index < -0.39 is 26.6 Å². The van der Waals surface area contributed by atoms with Gasteiger partial charge in [-0.15, -0.1) is 0 Å². The Hall–Kier alpha value is 0.0569. The number of aliphatic hydroxyl groups is 2. The van der Waals surface area contributed by atoms with Crippen molar-refractivity contribution >= 4 is 8.32 Å². The smallest absolute Gasteiger partial charge is 0.192 e. The fraction of sp³-hybridized carbons (Fsp3) is 1.00. The predicted octanol–water partition coefficient (Wildman–Crippen LogP) is 1.52. The number of ether oxygens (including phenoxy) is 1. The van der Waals surface area contributed by atoms with Gasteiger partial charge in [-0.25, -0.2) is 0 Å². The molecular formula is C12H26O4Si. The largest absolute Gasteiger partial charge is 0.414 e. The van der Waals surface area contributed by atoms with Gasteiger partial charge in [-0.3, -0.25) is 0 Å². The lowest BCUT2D eigenvalue weighted by molar-refractivity contribution is -0.145. The SMILES string of the molecule is CC(C)(C)[Si](C)(C)OC[C@H]1OCC[C@@H](O)[C@@H]1O. The first-order valence-corrected chi connectivity index (χ1v) is 9.17. The summed E-state index contributed by atoms with van der Waals surface area (Å²) >= 11 is 0. The number of aliphatic hydroxyl groups excluding tert-OH is 2. The van der Waals surface area contributed by atoms with Crippen LogP contribution in [0.5, 0.6) is 0 Å². The normalized spacial score (nSPS) is 31.6. The molecule has 0 aromatic heterocycles. The van der Waals surface area contributed by atoms with E-state index in [4.69, 9.17) is 9.16 Å². The van der Waals surface area contributed by atoms with E-state index in [0.29, 0.717) is 19.6 Å². The van der Waals surface area contributed by atoms with Crippen LogP contribution in [-0.2, 0) is 9.16 Å². The summed E-state index contributed by atoms with van der Waals surface area (Å²) in [6.07, 6.45) is -1.41. The second kappa shape index (κ2) is 5.36. The zero-order valence-electron chi connectivity index (χ0n) is 11.6. The molecule has 1 saturated heterocycles. The van der Waals surface area contributed by atoms with Crippen molar-refractivity contribution in [3.8, 4) is 0 Å². The zero-order valence-corrected chi connectivity index (χ0v) is 12.6. The highest BCUT2D eigenvalue weighted by atomic mass is 28.4. The molecule has 0 aromatic carbocycles. The molecule has 0 aromatic rings. The van der Waals surface area contributed by atoms with Crippen molar-refractivity contribution in [2.45, 2.75) is 63.6 Å². The van der Waals surface area contributed by atoms with Crippen LogP contribution in [0.2, 0.25) is 18.1 Å². The van der Waals surface area contributed by atoms with Gasteiger partial charge < -0.3 is 19.4 Å². The summed E-state index contributed by atoms with van der Waals surface area (Å²) in [5.74, 6) is 0. The third-order valence-electron chi connectivity index (χ3n) is 3.94. The molecule has 102 valence electrons. The molecule has 5 heteroatoms. The Bertz CT molecular complexity index is 249. The van der Waals surface area contributed by atoms with Crippen LogP contribution in [0.4, 0.5) is 0 Å². The van der Waals surface area contributed by atoms with Gasteiger partial charge in [-0.2, -0.15) is 0 Å². The van der Waals surface area contributed by atoms with Crippen LogP contribution in [0.1, 0.15) is 27.2 Å². The molecule has 0 radical (unpaired) electrons. The monoisotopic (exact) mass is 262 g/mol. The van der Waals surface area contributed by atoms with Gasteiger partial charge in [0, 0.05) is 6.61 Å². The highest BCUT2D eigenvalue weighted by Crippen LogP contribution is 2.36. The van der Waals surface area contributed by atoms with Crippen molar-refractivity contribution in [2.75, 3.05) is 13.2 Å². The molecule has 0 saturated carbocycles. The summed E-state index contributed by atoms with van der Waals surface area (Å²) in [7, 11) is -1.81. The molecule has 4 nitrogen and oxygen atoms in total. The molecule has 0 amide bonds. The summed E-state index contributed by atoms with van der Waals surface area (Å²) in [5, 5.41) is 19.5. The van der Waals surface area contributed by atoms with E-state index in [2.05, 4.69) is 33.9 Å². The van der Waals surface area contributed by atoms with Crippen molar-refractivity contribution in [1.29, 1.82) is 0 Å². The Balaban J connectivity index is 2.50. The minimum absolute atomic E-state index is 0.144. The van der Waals surface area contributed by atoms with Gasteiger partial charge in [-0.1, -0.05) is 20.8 Å². The first-order chi connectivity index (χ1) is 7.65. The van der Waals surface area contributed by atoms with Crippen LogP contribution >= 0.6 is 0 Å². The molecule has 3 atom stereocenters. The second-order valence-corrected chi connectivity index (χ2v) is 11.1. The third kappa shape index (κ3) is 3.76. The summed E-state index contributed by atoms with van der Waals surface area (Å²) in [5.41, 5.74) is 0. The van der Waals surface area contributed by atoms with Gasteiger partial charge in [0.05, 0.1) is 12.7 Å². The van der Waals surface area contributed by atoms with E-state index in [-0.39, 0.29) is 5.04 Å². The van der Waals surface area contributed by atoms with Crippen molar-refractivity contribution in [1.82, 2.24) is 0 Å². The molecule has 1 aliphatic heterocycles. The van der Waals surface area contributed by atoms with Crippen molar-refractivity contribution < 1.29 is 19.4 Å². The Kier molecular flexibility index (Phi) is 4.77. The van der Waals surface area contributed by atoms with Gasteiger partial charge in [0.2, 0.25) is 0 Å². The lowest BCUT2D eigenvalue weighted by atomic mass is 10.0. The first-order valence-electron chi connectivity index (χ1n) is 6.27. The molecule has 2 N–H and O–H groups in total. The lowest BCUT2D eigenvalue weighted by Crippen LogP contribution is -2.50. The minimum atomic E-state index is -1.81. The maximum absolute atomic E-state index is 9.80. The van der Waals surface area contributed by atoms with Crippen LogP contribution in [0.3, 0.4) is 0 Å². The summed E-state index contributed by atoms with van der Waals surface area (Å²) in [6.45, 7) is 11.7. The number of hydrogen-bond donors (Lipinski definition) is 2. The van der Waals surface area contributed by atoms with Gasteiger partial charge in [0.1, 0.15) is 12.2 Å². The van der Waals surface area contributed by atoms with E-state index in [1.165, 1.54) is 0 Å². The van der Waals surface area contributed by atoms with Gasteiger partial charge in [0.15, 0.2) is 8.32 Å². The summed E-state index contributed by atoms with van der Waals surface area (Å²) in [6, 6.07) is 0. The van der Waals surface area contributed by atoms with Gasteiger partial charge in [0.25, 0.3) is 0 Å². The van der Waals surface area contributed by atoms with Crippen LogP contribution in [-0.4, -0.2) is 50.1 Å². The van der Waals surface area contributed by atoms with Crippen LogP contribution < -0.4 is 0 Å². The molecule has 0 bridgehead atoms. The number of rotatable bonds is 3. The molecule has 1 heterocycles. The van der Waals surface area contributed by atoms with Gasteiger partial charge >= 0.3 is 0 Å². The van der Waals surface area contributed by atoms with E-state index in [0.717, 1.165) is 0 Å². The molecule has 1 fully saturated rings. The Labute approximate surface area is 105 Å². The highest BCUT2D eigenvalue weighted by molar-refractivity contribution is 6.74.